The fourth-order valence-electron chi connectivity index (χ4n) is 2.76. The minimum absolute atomic E-state index is 0.0724. The van der Waals surface area contributed by atoms with Crippen LogP contribution in [0.25, 0.3) is 0 Å². The molecule has 12 heteroatoms. The van der Waals surface area contributed by atoms with E-state index in [1.807, 2.05) is 0 Å². The first-order valence-corrected chi connectivity index (χ1v) is 8.47. The third-order valence-electron chi connectivity index (χ3n) is 4.10. The van der Waals surface area contributed by atoms with Crippen molar-refractivity contribution < 1.29 is 36.7 Å². The van der Waals surface area contributed by atoms with Gasteiger partial charge < -0.3 is 15.3 Å². The van der Waals surface area contributed by atoms with Crippen molar-refractivity contribution in [3.8, 4) is 0 Å². The molecule has 29 heavy (non-hydrogen) atoms. The van der Waals surface area contributed by atoms with Crippen LogP contribution in [0.3, 0.4) is 0 Å². The van der Waals surface area contributed by atoms with Crippen LogP contribution >= 0.6 is 23.2 Å². The second kappa shape index (κ2) is 7.34. The summed E-state index contributed by atoms with van der Waals surface area (Å²) in [5, 5.41) is 14.3. The lowest BCUT2D eigenvalue weighted by Gasteiger charge is -2.29. The summed E-state index contributed by atoms with van der Waals surface area (Å²) in [6, 6.07) is 4.70. The maximum Gasteiger partial charge on any atom is 0.435 e. The van der Waals surface area contributed by atoms with Gasteiger partial charge in [0.05, 0.1) is 12.1 Å². The van der Waals surface area contributed by atoms with Crippen molar-refractivity contribution in [2.24, 2.45) is 5.16 Å². The number of hydrogen-bond donors (Lipinski definition) is 2. The van der Waals surface area contributed by atoms with Crippen molar-refractivity contribution in [1.82, 2.24) is 0 Å². The Hall–Kier alpha value is -2.59. The van der Waals surface area contributed by atoms with Crippen LogP contribution in [0.5, 0.6) is 0 Å². The number of aromatic carboxylic acids is 1. The van der Waals surface area contributed by atoms with Crippen molar-refractivity contribution in [2.45, 2.75) is 18.2 Å². The quantitative estimate of drug-likeness (QED) is 0.594. The summed E-state index contributed by atoms with van der Waals surface area (Å²) >= 11 is 11.6. The molecule has 0 spiro atoms. The number of nitrogens with one attached hydrogen (secondary N) is 1. The molecule has 0 saturated carbocycles. The Morgan fingerprint density at radius 3 is 2.34 bits per heavy atom. The molecule has 0 aromatic heterocycles. The van der Waals surface area contributed by atoms with Gasteiger partial charge >= 0.3 is 12.1 Å². The van der Waals surface area contributed by atoms with Gasteiger partial charge in [0.2, 0.25) is 0 Å². The Morgan fingerprint density at radius 2 is 1.79 bits per heavy atom. The number of benzene rings is 2. The molecule has 154 valence electrons. The Labute approximate surface area is 169 Å². The molecular weight excluding hydrogens is 446 g/mol. The summed E-state index contributed by atoms with van der Waals surface area (Å²) in [4.78, 5) is 15.7. The predicted octanol–water partition coefficient (Wildman–Crippen LogP) is 5.57. The van der Waals surface area contributed by atoms with Gasteiger partial charge in [-0.25, -0.2) is 13.6 Å². The number of carboxylic acid groups (broad SMARTS) is 1. The van der Waals surface area contributed by atoms with Crippen LogP contribution in [0.15, 0.2) is 35.5 Å². The number of halogens is 7. The van der Waals surface area contributed by atoms with E-state index in [1.165, 1.54) is 6.07 Å². The lowest BCUT2D eigenvalue weighted by Crippen LogP contribution is -2.43. The maximum atomic E-state index is 14.3. The highest BCUT2D eigenvalue weighted by atomic mass is 35.5. The first-order chi connectivity index (χ1) is 13.4. The fourth-order valence-corrected chi connectivity index (χ4v) is 3.28. The number of carboxylic acids is 1. The van der Waals surface area contributed by atoms with E-state index >= 15 is 0 Å². The van der Waals surface area contributed by atoms with Crippen LogP contribution in [0.4, 0.5) is 27.6 Å². The van der Waals surface area contributed by atoms with Crippen LogP contribution in [0.1, 0.15) is 22.3 Å². The Balaban J connectivity index is 1.96. The van der Waals surface area contributed by atoms with Gasteiger partial charge in [0.15, 0.2) is 11.7 Å². The topological polar surface area (TPSA) is 70.9 Å². The van der Waals surface area contributed by atoms with E-state index in [0.717, 1.165) is 18.2 Å². The Bertz CT molecular complexity index is 1010. The van der Waals surface area contributed by atoms with E-state index in [9.17, 15) is 26.7 Å². The molecule has 0 fully saturated rings. The normalized spacial score (nSPS) is 18.9. The average Bonchev–Trinajstić information content (AvgIpc) is 3.01. The van der Waals surface area contributed by atoms with Gasteiger partial charge in [-0.15, -0.1) is 0 Å². The van der Waals surface area contributed by atoms with Crippen molar-refractivity contribution in [2.75, 3.05) is 5.32 Å². The van der Waals surface area contributed by atoms with Crippen LogP contribution in [0, 0.1) is 11.6 Å². The van der Waals surface area contributed by atoms with Crippen molar-refractivity contribution in [1.29, 1.82) is 0 Å². The Morgan fingerprint density at radius 1 is 1.17 bits per heavy atom. The number of nitrogens with zero attached hydrogens (tertiary/aromatic N) is 1. The summed E-state index contributed by atoms with van der Waals surface area (Å²) in [5.41, 5.74) is -5.25. The summed E-state index contributed by atoms with van der Waals surface area (Å²) < 4.78 is 69.3. The van der Waals surface area contributed by atoms with Crippen LogP contribution < -0.4 is 5.32 Å². The number of alkyl halides is 3. The molecule has 0 radical (unpaired) electrons. The fraction of sp³-hybridized carbons (Fsp3) is 0.176. The van der Waals surface area contributed by atoms with Gasteiger partial charge in [0.25, 0.3) is 5.60 Å². The van der Waals surface area contributed by atoms with Crippen molar-refractivity contribution >= 4 is 40.7 Å². The summed E-state index contributed by atoms with van der Waals surface area (Å²) in [6.45, 7) is 0. The number of carbonyl (C=O) groups is 1. The molecule has 0 bridgehead atoms. The largest absolute Gasteiger partial charge is 0.477 e. The first kappa shape index (κ1) is 21.1. The van der Waals surface area contributed by atoms with Crippen LogP contribution in [0.2, 0.25) is 10.0 Å². The second-order valence-corrected chi connectivity index (χ2v) is 6.88. The highest BCUT2D eigenvalue weighted by molar-refractivity contribution is 6.34. The molecule has 1 aliphatic heterocycles. The minimum atomic E-state index is -4.97. The minimum Gasteiger partial charge on any atom is -0.477 e. The molecule has 0 amide bonds. The molecule has 0 aliphatic carbocycles. The van der Waals surface area contributed by atoms with E-state index in [2.05, 4.69) is 10.5 Å². The van der Waals surface area contributed by atoms with Gasteiger partial charge in [-0.3, -0.25) is 0 Å². The molecule has 2 aromatic rings. The molecule has 5 nitrogen and oxygen atoms in total. The molecule has 2 N–H and O–H groups in total. The van der Waals surface area contributed by atoms with Crippen LogP contribution in [-0.2, 0) is 10.4 Å². The monoisotopic (exact) mass is 454 g/mol. The third kappa shape index (κ3) is 3.82. The number of oxime groups is 1. The van der Waals surface area contributed by atoms with E-state index in [0.29, 0.717) is 6.07 Å². The number of amidine groups is 1. The molecule has 3 rings (SSSR count). The summed E-state index contributed by atoms with van der Waals surface area (Å²) in [6.07, 6.45) is -5.89. The Kier molecular flexibility index (Phi) is 5.35. The lowest BCUT2D eigenvalue weighted by atomic mass is 9.89. The van der Waals surface area contributed by atoms with Crippen molar-refractivity contribution in [3.63, 3.8) is 0 Å². The molecule has 2 aromatic carbocycles. The van der Waals surface area contributed by atoms with Crippen molar-refractivity contribution in [3.05, 3.63) is 63.1 Å². The molecule has 1 heterocycles. The summed E-state index contributed by atoms with van der Waals surface area (Å²) in [7, 11) is 0. The zero-order chi connectivity index (χ0) is 21.6. The second-order valence-electron chi connectivity index (χ2n) is 6.00. The van der Waals surface area contributed by atoms with Gasteiger partial charge in [0.1, 0.15) is 11.4 Å². The zero-order valence-corrected chi connectivity index (χ0v) is 15.5. The zero-order valence-electron chi connectivity index (χ0n) is 14.0. The standard InChI is InChI=1S/C17H9Cl2F5N2O3/c18-8-3-7(4-9(19)5-8)16(17(22,23)24)6-12(26-29-16)25-11-2-1-10(20)13(14(11)21)15(27)28/h1-5H,6H2,(H,25,26)(H,27,28). The van der Waals surface area contributed by atoms with E-state index in [-0.39, 0.29) is 10.0 Å². The molecule has 0 saturated heterocycles. The van der Waals surface area contributed by atoms with E-state index < -0.39 is 58.5 Å². The van der Waals surface area contributed by atoms with Gasteiger partial charge in [-0.2, -0.15) is 13.2 Å². The number of anilines is 1. The van der Waals surface area contributed by atoms with Crippen LogP contribution in [-0.4, -0.2) is 23.1 Å². The summed E-state index contributed by atoms with van der Waals surface area (Å²) in [5.74, 6) is -5.20. The van der Waals surface area contributed by atoms with E-state index in [1.54, 1.807) is 0 Å². The molecule has 1 aliphatic rings. The highest BCUT2D eigenvalue weighted by Gasteiger charge is 2.62. The first-order valence-electron chi connectivity index (χ1n) is 7.71. The highest BCUT2D eigenvalue weighted by Crippen LogP contribution is 2.49. The molecular formula is C17H9Cl2F5N2O3. The van der Waals surface area contributed by atoms with Gasteiger partial charge in [-0.05, 0) is 30.3 Å². The number of rotatable bonds is 3. The number of hydrogen-bond acceptors (Lipinski definition) is 4. The third-order valence-corrected chi connectivity index (χ3v) is 4.54. The lowest BCUT2D eigenvalue weighted by molar-refractivity contribution is -0.275. The smallest absolute Gasteiger partial charge is 0.435 e. The van der Waals surface area contributed by atoms with E-state index in [4.69, 9.17) is 33.1 Å². The van der Waals surface area contributed by atoms with Gasteiger partial charge in [0, 0.05) is 15.6 Å². The van der Waals surface area contributed by atoms with Gasteiger partial charge in [-0.1, -0.05) is 28.4 Å². The SMILES string of the molecule is O=C(O)c1c(F)ccc(NC2=NOC(c3cc(Cl)cc(Cl)c3)(C(F)(F)F)C2)c1F. The average molecular weight is 455 g/mol. The molecule has 1 unspecified atom stereocenters. The molecule has 1 atom stereocenters. The maximum absolute atomic E-state index is 14.3. The predicted molar refractivity (Wildman–Crippen MR) is 94.3 cm³/mol.